The van der Waals surface area contributed by atoms with Crippen LogP contribution in [0.15, 0.2) is 18.3 Å². The summed E-state index contributed by atoms with van der Waals surface area (Å²) in [5.74, 6) is 0.405. The standard InChI is InChI=1S/C20H27F2N5O2/c1-12-14(15-11-26(5)18(25-15)17(21)22)6-7-16(23-12)24-13-8-9-27(10-13)19(28)29-20(2,3)4/h6-7,11,13,17H,8-10H2,1-5H3,(H,23,24)/t13-/m0/s1. The number of pyridine rings is 1. The van der Waals surface area contributed by atoms with Gasteiger partial charge in [0.15, 0.2) is 5.82 Å². The number of anilines is 1. The van der Waals surface area contributed by atoms with Gasteiger partial charge >= 0.3 is 6.09 Å². The number of aryl methyl sites for hydroxylation is 2. The molecule has 0 spiro atoms. The number of amides is 1. The highest BCUT2D eigenvalue weighted by molar-refractivity contribution is 5.69. The minimum absolute atomic E-state index is 0.0700. The number of ether oxygens (including phenoxy) is 1. The lowest BCUT2D eigenvalue weighted by molar-refractivity contribution is 0.0293. The zero-order chi connectivity index (χ0) is 21.3. The van der Waals surface area contributed by atoms with Crippen molar-refractivity contribution in [2.45, 2.75) is 52.2 Å². The Labute approximate surface area is 169 Å². The molecule has 9 heteroatoms. The quantitative estimate of drug-likeness (QED) is 0.824. The number of alkyl halides is 2. The van der Waals surface area contributed by atoms with Gasteiger partial charge in [-0.3, -0.25) is 0 Å². The largest absolute Gasteiger partial charge is 0.444 e. The van der Waals surface area contributed by atoms with Crippen molar-refractivity contribution >= 4 is 11.9 Å². The van der Waals surface area contributed by atoms with Crippen LogP contribution in [0.2, 0.25) is 0 Å². The molecule has 0 aromatic carbocycles. The smallest absolute Gasteiger partial charge is 0.410 e. The molecule has 2 aromatic rings. The molecule has 29 heavy (non-hydrogen) atoms. The molecule has 1 aliphatic heterocycles. The molecule has 158 valence electrons. The van der Waals surface area contributed by atoms with Crippen molar-refractivity contribution in [3.8, 4) is 11.3 Å². The average Bonchev–Trinajstić information content (AvgIpc) is 3.20. The molecule has 1 N–H and O–H groups in total. The van der Waals surface area contributed by atoms with Crippen LogP contribution >= 0.6 is 0 Å². The number of hydrogen-bond donors (Lipinski definition) is 1. The number of imidazole rings is 1. The van der Waals surface area contributed by atoms with Crippen LogP contribution in [0, 0.1) is 6.92 Å². The first-order chi connectivity index (χ1) is 13.5. The molecule has 1 saturated heterocycles. The third kappa shape index (κ3) is 5.02. The molecule has 1 fully saturated rings. The Morgan fingerprint density at radius 2 is 2.03 bits per heavy atom. The molecule has 1 amide bonds. The predicted molar refractivity (Wildman–Crippen MR) is 106 cm³/mol. The number of carbonyl (C=O) groups is 1. The number of nitrogens with zero attached hydrogens (tertiary/aromatic N) is 4. The number of likely N-dealkylation sites (tertiary alicyclic amines) is 1. The second-order valence-electron chi connectivity index (χ2n) is 8.28. The molecule has 0 saturated carbocycles. The number of rotatable bonds is 4. The summed E-state index contributed by atoms with van der Waals surface area (Å²) in [5, 5.41) is 3.34. The van der Waals surface area contributed by atoms with E-state index in [0.717, 1.165) is 6.42 Å². The number of nitrogens with one attached hydrogen (secondary N) is 1. The van der Waals surface area contributed by atoms with Gasteiger partial charge < -0.3 is 19.5 Å². The third-order valence-electron chi connectivity index (χ3n) is 4.66. The lowest BCUT2D eigenvalue weighted by atomic mass is 10.1. The summed E-state index contributed by atoms with van der Waals surface area (Å²) >= 11 is 0. The molecule has 0 bridgehead atoms. The van der Waals surface area contributed by atoms with Crippen molar-refractivity contribution in [1.82, 2.24) is 19.4 Å². The van der Waals surface area contributed by atoms with Gasteiger partial charge in [-0.05, 0) is 46.2 Å². The molecule has 7 nitrogen and oxygen atoms in total. The highest BCUT2D eigenvalue weighted by atomic mass is 19.3. The number of hydrogen-bond acceptors (Lipinski definition) is 5. The predicted octanol–water partition coefficient (Wildman–Crippen LogP) is 4.15. The SMILES string of the molecule is Cc1nc(N[C@H]2CCN(C(=O)OC(C)(C)C)C2)ccc1-c1cn(C)c(C(F)F)n1. The van der Waals surface area contributed by atoms with Crippen LogP contribution in [0.5, 0.6) is 0 Å². The van der Waals surface area contributed by atoms with E-state index in [1.54, 1.807) is 24.2 Å². The summed E-state index contributed by atoms with van der Waals surface area (Å²) in [4.78, 5) is 22.4. The van der Waals surface area contributed by atoms with Crippen molar-refractivity contribution in [3.63, 3.8) is 0 Å². The van der Waals surface area contributed by atoms with Crippen molar-refractivity contribution in [2.24, 2.45) is 7.05 Å². The van der Waals surface area contributed by atoms with Gasteiger partial charge in [-0.25, -0.2) is 23.5 Å². The maximum absolute atomic E-state index is 13.0. The molecule has 0 unspecified atom stereocenters. The van der Waals surface area contributed by atoms with Crippen LogP contribution in [-0.2, 0) is 11.8 Å². The Bertz CT molecular complexity index is 891. The molecule has 0 aliphatic carbocycles. The van der Waals surface area contributed by atoms with Crippen LogP contribution in [0.4, 0.5) is 19.4 Å². The Morgan fingerprint density at radius 3 is 2.62 bits per heavy atom. The van der Waals surface area contributed by atoms with E-state index in [9.17, 15) is 13.6 Å². The van der Waals surface area contributed by atoms with Gasteiger partial charge in [0.1, 0.15) is 11.4 Å². The average molecular weight is 407 g/mol. The first-order valence-corrected chi connectivity index (χ1v) is 9.57. The molecule has 3 heterocycles. The highest BCUT2D eigenvalue weighted by Gasteiger charge is 2.30. The van der Waals surface area contributed by atoms with E-state index >= 15 is 0 Å². The fraction of sp³-hybridized carbons (Fsp3) is 0.550. The van der Waals surface area contributed by atoms with Crippen molar-refractivity contribution in [3.05, 3.63) is 29.8 Å². The maximum Gasteiger partial charge on any atom is 0.410 e. The van der Waals surface area contributed by atoms with Crippen molar-refractivity contribution in [2.75, 3.05) is 18.4 Å². The molecule has 1 atom stereocenters. The molecule has 2 aromatic heterocycles. The van der Waals surface area contributed by atoms with E-state index in [-0.39, 0.29) is 18.0 Å². The lowest BCUT2D eigenvalue weighted by Gasteiger charge is -2.24. The van der Waals surface area contributed by atoms with E-state index < -0.39 is 12.0 Å². The first kappa shape index (κ1) is 21.0. The van der Waals surface area contributed by atoms with E-state index in [2.05, 4.69) is 15.3 Å². The first-order valence-electron chi connectivity index (χ1n) is 9.57. The van der Waals surface area contributed by atoms with Gasteiger partial charge in [-0.15, -0.1) is 0 Å². The normalized spacial score (nSPS) is 17.1. The Hall–Kier alpha value is -2.71. The van der Waals surface area contributed by atoms with Crippen LogP contribution in [0.25, 0.3) is 11.3 Å². The van der Waals surface area contributed by atoms with Gasteiger partial charge in [-0.1, -0.05) is 0 Å². The number of carbonyl (C=O) groups excluding carboxylic acids is 1. The highest BCUT2D eigenvalue weighted by Crippen LogP contribution is 2.27. The molecule has 3 rings (SSSR count). The van der Waals surface area contributed by atoms with Crippen LogP contribution in [-0.4, -0.2) is 50.3 Å². The van der Waals surface area contributed by atoms with E-state index in [1.807, 2.05) is 33.8 Å². The summed E-state index contributed by atoms with van der Waals surface area (Å²) in [6.45, 7) is 8.51. The van der Waals surface area contributed by atoms with Crippen molar-refractivity contribution in [1.29, 1.82) is 0 Å². The number of aromatic nitrogens is 3. The van der Waals surface area contributed by atoms with Crippen LogP contribution < -0.4 is 5.32 Å². The Balaban J connectivity index is 1.66. The zero-order valence-corrected chi connectivity index (χ0v) is 17.4. The summed E-state index contributed by atoms with van der Waals surface area (Å²) in [6.07, 6.45) is -0.571. The summed E-state index contributed by atoms with van der Waals surface area (Å²) < 4.78 is 32.7. The summed E-state index contributed by atoms with van der Waals surface area (Å²) in [7, 11) is 1.55. The van der Waals surface area contributed by atoms with Gasteiger partial charge in [0, 0.05) is 43.6 Å². The molecular formula is C20H27F2N5O2. The number of halogens is 2. The topological polar surface area (TPSA) is 72.3 Å². The fourth-order valence-electron chi connectivity index (χ4n) is 3.30. The third-order valence-corrected chi connectivity index (χ3v) is 4.66. The molecule has 1 aliphatic rings. The maximum atomic E-state index is 13.0. The van der Waals surface area contributed by atoms with E-state index in [4.69, 9.17) is 4.74 Å². The second-order valence-corrected chi connectivity index (χ2v) is 8.28. The monoisotopic (exact) mass is 407 g/mol. The summed E-state index contributed by atoms with van der Waals surface area (Å²) in [5.41, 5.74) is 1.35. The van der Waals surface area contributed by atoms with Crippen molar-refractivity contribution < 1.29 is 18.3 Å². The lowest BCUT2D eigenvalue weighted by Crippen LogP contribution is -2.36. The minimum atomic E-state index is -2.63. The van der Waals surface area contributed by atoms with E-state index in [1.165, 1.54) is 4.57 Å². The Kier molecular flexibility index (Phi) is 5.77. The Morgan fingerprint density at radius 1 is 1.31 bits per heavy atom. The second kappa shape index (κ2) is 7.96. The molecule has 0 radical (unpaired) electrons. The summed E-state index contributed by atoms with van der Waals surface area (Å²) in [6, 6.07) is 3.69. The van der Waals surface area contributed by atoms with Gasteiger partial charge in [0.2, 0.25) is 0 Å². The van der Waals surface area contributed by atoms with Gasteiger partial charge in [0.05, 0.1) is 5.69 Å². The van der Waals surface area contributed by atoms with Crippen LogP contribution in [0.1, 0.15) is 45.1 Å². The van der Waals surface area contributed by atoms with Gasteiger partial charge in [0.25, 0.3) is 6.43 Å². The molecular weight excluding hydrogens is 380 g/mol. The minimum Gasteiger partial charge on any atom is -0.444 e. The van der Waals surface area contributed by atoms with Gasteiger partial charge in [-0.2, -0.15) is 0 Å². The fourth-order valence-corrected chi connectivity index (χ4v) is 3.30. The van der Waals surface area contributed by atoms with Crippen LogP contribution in [0.3, 0.4) is 0 Å². The van der Waals surface area contributed by atoms with E-state index in [0.29, 0.717) is 35.9 Å². The zero-order valence-electron chi connectivity index (χ0n) is 17.4.